The SMILES string of the molecule is COCCOCCOCCn1cc(CCC(=O)N2CCN(C(=O)Oc3ccc([N+](=O)[O-])cc3)C(CNC(=O)Cc3ccccc3)C2)nn1. The quantitative estimate of drug-likeness (QED) is 0.119. The third-order valence-corrected chi connectivity index (χ3v) is 7.51. The van der Waals surface area contributed by atoms with Crippen LogP contribution >= 0.6 is 0 Å². The first-order valence-electron chi connectivity index (χ1n) is 15.7. The minimum Gasteiger partial charge on any atom is -0.410 e. The first-order chi connectivity index (χ1) is 23.3. The van der Waals surface area contributed by atoms with Crippen molar-refractivity contribution in [1.82, 2.24) is 30.1 Å². The van der Waals surface area contributed by atoms with Gasteiger partial charge in [0, 0.05) is 64.5 Å². The Labute approximate surface area is 278 Å². The largest absolute Gasteiger partial charge is 0.415 e. The van der Waals surface area contributed by atoms with Crippen molar-refractivity contribution in [3.8, 4) is 5.75 Å². The number of rotatable bonds is 18. The van der Waals surface area contributed by atoms with Crippen LogP contribution in [0, 0.1) is 10.1 Å². The summed E-state index contributed by atoms with van der Waals surface area (Å²) in [5.41, 5.74) is 1.38. The minimum atomic E-state index is -0.683. The lowest BCUT2D eigenvalue weighted by atomic mass is 10.1. The molecule has 1 N–H and O–H groups in total. The molecule has 2 aromatic carbocycles. The first kappa shape index (κ1) is 35.9. The molecule has 1 unspecified atom stereocenters. The van der Waals surface area contributed by atoms with Crippen LogP contribution in [0.25, 0.3) is 0 Å². The second kappa shape index (κ2) is 19.0. The van der Waals surface area contributed by atoms with Crippen LogP contribution in [0.2, 0.25) is 0 Å². The number of nitrogens with zero attached hydrogens (tertiary/aromatic N) is 6. The number of nitro benzene ring substituents is 1. The molecule has 4 rings (SSSR count). The lowest BCUT2D eigenvalue weighted by molar-refractivity contribution is -0.384. The van der Waals surface area contributed by atoms with Gasteiger partial charge in [0.15, 0.2) is 0 Å². The topological polar surface area (TPSA) is 180 Å². The van der Waals surface area contributed by atoms with Gasteiger partial charge in [0.2, 0.25) is 11.8 Å². The Balaban J connectivity index is 1.28. The highest BCUT2D eigenvalue weighted by atomic mass is 16.6. The van der Waals surface area contributed by atoms with Gasteiger partial charge in [-0.3, -0.25) is 24.6 Å². The molecule has 0 aliphatic carbocycles. The fourth-order valence-electron chi connectivity index (χ4n) is 4.95. The summed E-state index contributed by atoms with van der Waals surface area (Å²) in [5.74, 6) is -0.204. The fourth-order valence-corrected chi connectivity index (χ4v) is 4.95. The summed E-state index contributed by atoms with van der Waals surface area (Å²) in [6, 6.07) is 13.9. The summed E-state index contributed by atoms with van der Waals surface area (Å²) in [6.07, 6.45) is 1.84. The molecular weight excluding hydrogens is 626 g/mol. The number of hydrogen-bond acceptors (Lipinski definition) is 11. The number of carbonyl (C=O) groups excluding carboxylic acids is 3. The molecule has 1 saturated heterocycles. The van der Waals surface area contributed by atoms with Gasteiger partial charge < -0.3 is 29.2 Å². The average Bonchev–Trinajstić information content (AvgIpc) is 3.55. The van der Waals surface area contributed by atoms with Gasteiger partial charge in [0.25, 0.3) is 5.69 Å². The first-order valence-corrected chi connectivity index (χ1v) is 15.7. The Hall–Kier alpha value is -4.93. The Kier molecular flexibility index (Phi) is 14.2. The highest BCUT2D eigenvalue weighted by Crippen LogP contribution is 2.20. The van der Waals surface area contributed by atoms with E-state index < -0.39 is 17.1 Å². The number of nitrogens with one attached hydrogen (secondary N) is 1. The molecule has 0 saturated carbocycles. The lowest BCUT2D eigenvalue weighted by Gasteiger charge is -2.40. The van der Waals surface area contributed by atoms with Gasteiger partial charge in [0.05, 0.1) is 62.7 Å². The molecule has 1 aliphatic heterocycles. The zero-order valence-electron chi connectivity index (χ0n) is 26.9. The van der Waals surface area contributed by atoms with Crippen LogP contribution in [0.5, 0.6) is 5.75 Å². The molecule has 0 spiro atoms. The number of carbonyl (C=O) groups is 3. The van der Waals surface area contributed by atoms with E-state index in [2.05, 4.69) is 15.6 Å². The number of ether oxygens (including phenoxy) is 4. The smallest absolute Gasteiger partial charge is 0.410 e. The van der Waals surface area contributed by atoms with E-state index in [4.69, 9.17) is 18.9 Å². The summed E-state index contributed by atoms with van der Waals surface area (Å²) >= 11 is 0. The summed E-state index contributed by atoms with van der Waals surface area (Å²) in [5, 5.41) is 22.1. The molecule has 48 heavy (non-hydrogen) atoms. The van der Waals surface area contributed by atoms with E-state index in [1.807, 2.05) is 30.3 Å². The highest BCUT2D eigenvalue weighted by molar-refractivity contribution is 5.79. The number of amides is 3. The van der Waals surface area contributed by atoms with Crippen LogP contribution in [0.1, 0.15) is 17.7 Å². The molecule has 258 valence electrons. The Morgan fingerprint density at radius 3 is 2.44 bits per heavy atom. The summed E-state index contributed by atoms with van der Waals surface area (Å²) in [4.78, 5) is 52.7. The molecule has 2 heterocycles. The van der Waals surface area contributed by atoms with E-state index >= 15 is 0 Å². The van der Waals surface area contributed by atoms with Gasteiger partial charge in [0.1, 0.15) is 5.75 Å². The summed E-state index contributed by atoms with van der Waals surface area (Å²) in [6.45, 7) is 3.65. The van der Waals surface area contributed by atoms with E-state index in [9.17, 15) is 24.5 Å². The normalized spacial score (nSPS) is 14.5. The maximum atomic E-state index is 13.2. The standard InChI is InChI=1S/C32H41N7O9/c1-45-17-18-47-20-19-46-16-15-37-23-26(34-35-37)7-12-31(41)36-13-14-38(32(42)48-29-10-8-27(9-11-29)39(43)44)28(24-36)22-33-30(40)21-25-5-3-2-4-6-25/h2-6,8-11,23,28H,7,12-22,24H2,1H3,(H,33,40). The molecule has 3 amide bonds. The Bertz CT molecular complexity index is 1470. The number of aromatic nitrogens is 3. The molecule has 1 aromatic heterocycles. The third kappa shape index (κ3) is 11.7. The monoisotopic (exact) mass is 667 g/mol. The van der Waals surface area contributed by atoms with Crippen LogP contribution in [0.4, 0.5) is 10.5 Å². The van der Waals surface area contributed by atoms with E-state index in [1.165, 1.54) is 29.2 Å². The number of nitro groups is 1. The number of hydrogen-bond donors (Lipinski definition) is 1. The van der Waals surface area contributed by atoms with Gasteiger partial charge in [-0.2, -0.15) is 0 Å². The lowest BCUT2D eigenvalue weighted by Crippen LogP contribution is -2.60. The van der Waals surface area contributed by atoms with Gasteiger partial charge in [-0.15, -0.1) is 5.10 Å². The van der Waals surface area contributed by atoms with E-state index in [0.29, 0.717) is 51.7 Å². The van der Waals surface area contributed by atoms with Crippen molar-refractivity contribution in [1.29, 1.82) is 0 Å². The average molecular weight is 668 g/mol. The minimum absolute atomic E-state index is 0.0977. The van der Waals surface area contributed by atoms with Gasteiger partial charge in [-0.05, 0) is 17.7 Å². The molecular formula is C32H41N7O9. The highest BCUT2D eigenvalue weighted by Gasteiger charge is 2.34. The van der Waals surface area contributed by atoms with E-state index in [0.717, 1.165) is 5.56 Å². The summed E-state index contributed by atoms with van der Waals surface area (Å²) < 4.78 is 23.0. The molecule has 0 radical (unpaired) electrons. The van der Waals surface area contributed by atoms with Crippen LogP contribution in [-0.4, -0.2) is 120 Å². The van der Waals surface area contributed by atoms with Crippen LogP contribution < -0.4 is 10.1 Å². The zero-order chi connectivity index (χ0) is 34.1. The molecule has 1 aliphatic rings. The van der Waals surface area contributed by atoms with Crippen molar-refractivity contribution in [2.45, 2.75) is 31.8 Å². The van der Waals surface area contributed by atoms with Gasteiger partial charge >= 0.3 is 6.09 Å². The van der Waals surface area contributed by atoms with Gasteiger partial charge in [-0.1, -0.05) is 35.5 Å². The number of methoxy groups -OCH3 is 1. The Morgan fingerprint density at radius 1 is 0.979 bits per heavy atom. The Morgan fingerprint density at radius 2 is 1.71 bits per heavy atom. The maximum Gasteiger partial charge on any atom is 0.415 e. The van der Waals surface area contributed by atoms with Crippen LogP contribution in [0.3, 0.4) is 0 Å². The number of piperazine rings is 1. The van der Waals surface area contributed by atoms with Crippen molar-refractivity contribution >= 4 is 23.6 Å². The van der Waals surface area contributed by atoms with E-state index in [1.54, 1.807) is 22.9 Å². The molecule has 3 aromatic rings. The molecule has 0 bridgehead atoms. The van der Waals surface area contributed by atoms with E-state index in [-0.39, 0.29) is 62.3 Å². The van der Waals surface area contributed by atoms with Crippen LogP contribution in [-0.2, 0) is 43.2 Å². The summed E-state index contributed by atoms with van der Waals surface area (Å²) in [7, 11) is 1.62. The maximum absolute atomic E-state index is 13.2. The van der Waals surface area contributed by atoms with Crippen molar-refractivity contribution < 1.29 is 38.3 Å². The molecule has 1 atom stereocenters. The number of aryl methyl sites for hydroxylation is 1. The van der Waals surface area contributed by atoms with Crippen molar-refractivity contribution in [2.75, 3.05) is 66.3 Å². The van der Waals surface area contributed by atoms with Crippen molar-refractivity contribution in [3.63, 3.8) is 0 Å². The number of non-ortho nitro benzene ring substituents is 1. The molecule has 16 nitrogen and oxygen atoms in total. The van der Waals surface area contributed by atoms with Crippen LogP contribution in [0.15, 0.2) is 60.8 Å². The van der Waals surface area contributed by atoms with Crippen molar-refractivity contribution in [3.05, 3.63) is 82.2 Å². The predicted molar refractivity (Wildman–Crippen MR) is 171 cm³/mol. The van der Waals surface area contributed by atoms with Crippen molar-refractivity contribution in [2.24, 2.45) is 0 Å². The second-order valence-corrected chi connectivity index (χ2v) is 11.0. The predicted octanol–water partition coefficient (Wildman–Crippen LogP) is 1.87. The fraction of sp³-hybridized carbons (Fsp3) is 0.469. The number of benzene rings is 2. The van der Waals surface area contributed by atoms with Gasteiger partial charge in [-0.25, -0.2) is 9.48 Å². The molecule has 1 fully saturated rings. The second-order valence-electron chi connectivity index (χ2n) is 11.0. The zero-order valence-corrected chi connectivity index (χ0v) is 26.9. The third-order valence-electron chi connectivity index (χ3n) is 7.51. The molecule has 16 heteroatoms.